The standard InChI is InChI=1S/C19H19FN4O7S/c1-12(25)22-13-6-8-14(9-7-13)32(29,30)21-10-18(27)31-11-17(26)24-19(28)23-16-5-3-2-4-15(16)20/h2-9,21H,10-11H2,1H3,(H,22,25)(H2,23,24,26,28). The third-order valence-electron chi connectivity index (χ3n) is 3.63. The maximum absolute atomic E-state index is 13.4. The van der Waals surface area contributed by atoms with Gasteiger partial charge in [0.25, 0.3) is 5.91 Å². The molecule has 11 nitrogen and oxygen atoms in total. The highest BCUT2D eigenvalue weighted by atomic mass is 32.2. The molecule has 2 rings (SSSR count). The first-order valence-corrected chi connectivity index (χ1v) is 10.4. The lowest BCUT2D eigenvalue weighted by molar-refractivity contribution is -0.147. The number of benzene rings is 2. The number of hydrogen-bond donors (Lipinski definition) is 4. The second kappa shape index (κ2) is 11.0. The number of esters is 1. The minimum Gasteiger partial charge on any atom is -0.455 e. The van der Waals surface area contributed by atoms with Gasteiger partial charge < -0.3 is 15.4 Å². The smallest absolute Gasteiger partial charge is 0.326 e. The minimum atomic E-state index is -4.06. The van der Waals surface area contributed by atoms with E-state index in [1.165, 1.54) is 49.4 Å². The highest BCUT2D eigenvalue weighted by Gasteiger charge is 2.17. The lowest BCUT2D eigenvalue weighted by Crippen LogP contribution is -2.38. The van der Waals surface area contributed by atoms with Gasteiger partial charge in [0.2, 0.25) is 15.9 Å². The summed E-state index contributed by atoms with van der Waals surface area (Å²) >= 11 is 0. The van der Waals surface area contributed by atoms with Gasteiger partial charge >= 0.3 is 12.0 Å². The van der Waals surface area contributed by atoms with E-state index < -0.39 is 46.9 Å². The second-order valence-electron chi connectivity index (χ2n) is 6.17. The van der Waals surface area contributed by atoms with Crippen LogP contribution in [-0.4, -0.2) is 45.4 Å². The Morgan fingerprint density at radius 2 is 1.62 bits per heavy atom. The monoisotopic (exact) mass is 466 g/mol. The van der Waals surface area contributed by atoms with Crippen LogP contribution in [0.15, 0.2) is 53.4 Å². The molecule has 0 atom stereocenters. The average molecular weight is 466 g/mol. The molecular weight excluding hydrogens is 447 g/mol. The Morgan fingerprint density at radius 3 is 2.25 bits per heavy atom. The molecule has 0 bridgehead atoms. The molecule has 2 aromatic rings. The van der Waals surface area contributed by atoms with Crippen molar-refractivity contribution in [1.29, 1.82) is 0 Å². The van der Waals surface area contributed by atoms with Crippen LogP contribution in [0.5, 0.6) is 0 Å². The van der Waals surface area contributed by atoms with E-state index >= 15 is 0 Å². The Balaban J connectivity index is 1.77. The van der Waals surface area contributed by atoms with Gasteiger partial charge in [0.05, 0.1) is 10.6 Å². The van der Waals surface area contributed by atoms with Crippen LogP contribution in [0.1, 0.15) is 6.92 Å². The van der Waals surface area contributed by atoms with Gasteiger partial charge in [-0.25, -0.2) is 17.6 Å². The summed E-state index contributed by atoms with van der Waals surface area (Å²) < 4.78 is 44.4. The van der Waals surface area contributed by atoms with Crippen molar-refractivity contribution in [1.82, 2.24) is 10.0 Å². The number of amides is 4. The van der Waals surface area contributed by atoms with Gasteiger partial charge in [-0.2, -0.15) is 4.72 Å². The fraction of sp³-hybridized carbons (Fsp3) is 0.158. The zero-order valence-electron chi connectivity index (χ0n) is 16.7. The van der Waals surface area contributed by atoms with Crippen LogP contribution in [0.3, 0.4) is 0 Å². The Morgan fingerprint density at radius 1 is 0.969 bits per heavy atom. The molecule has 0 aliphatic heterocycles. The summed E-state index contributed by atoms with van der Waals surface area (Å²) in [5.74, 6) is -3.12. The summed E-state index contributed by atoms with van der Waals surface area (Å²) in [7, 11) is -4.06. The normalized spacial score (nSPS) is 10.7. The molecule has 4 amide bonds. The zero-order chi connectivity index (χ0) is 23.7. The summed E-state index contributed by atoms with van der Waals surface area (Å²) in [5.41, 5.74) is 0.232. The van der Waals surface area contributed by atoms with Crippen LogP contribution in [0.2, 0.25) is 0 Å². The number of para-hydroxylation sites is 1. The number of urea groups is 1. The van der Waals surface area contributed by atoms with E-state index in [1.807, 2.05) is 10.0 Å². The van der Waals surface area contributed by atoms with Gasteiger partial charge in [0, 0.05) is 12.6 Å². The van der Waals surface area contributed by atoms with Crippen molar-refractivity contribution >= 4 is 45.2 Å². The van der Waals surface area contributed by atoms with Crippen molar-refractivity contribution in [3.63, 3.8) is 0 Å². The molecule has 0 spiro atoms. The predicted molar refractivity (Wildman–Crippen MR) is 110 cm³/mol. The van der Waals surface area contributed by atoms with Crippen molar-refractivity contribution in [2.45, 2.75) is 11.8 Å². The third kappa shape index (κ3) is 7.77. The number of ether oxygens (including phenoxy) is 1. The maximum atomic E-state index is 13.4. The third-order valence-corrected chi connectivity index (χ3v) is 5.05. The number of rotatable bonds is 8. The van der Waals surface area contributed by atoms with Crippen molar-refractivity contribution in [2.75, 3.05) is 23.8 Å². The van der Waals surface area contributed by atoms with Gasteiger partial charge in [0.1, 0.15) is 12.4 Å². The number of carbonyl (C=O) groups is 4. The molecule has 0 saturated heterocycles. The minimum absolute atomic E-state index is 0.158. The SMILES string of the molecule is CC(=O)Nc1ccc(S(=O)(=O)NCC(=O)OCC(=O)NC(=O)Nc2ccccc2F)cc1. The molecule has 0 radical (unpaired) electrons. The van der Waals surface area contributed by atoms with E-state index in [1.54, 1.807) is 0 Å². The molecule has 13 heteroatoms. The van der Waals surface area contributed by atoms with Gasteiger partial charge in [0.15, 0.2) is 6.61 Å². The number of carbonyl (C=O) groups excluding carboxylic acids is 4. The molecule has 4 N–H and O–H groups in total. The Hall–Kier alpha value is -3.84. The summed E-state index contributed by atoms with van der Waals surface area (Å²) in [6.07, 6.45) is 0. The first-order valence-electron chi connectivity index (χ1n) is 8.95. The maximum Gasteiger partial charge on any atom is 0.326 e. The summed E-state index contributed by atoms with van der Waals surface area (Å²) in [4.78, 5) is 45.8. The molecule has 0 aliphatic carbocycles. The van der Waals surface area contributed by atoms with E-state index in [4.69, 9.17) is 0 Å². The predicted octanol–water partition coefficient (Wildman–Crippen LogP) is 0.954. The number of sulfonamides is 1. The van der Waals surface area contributed by atoms with Crippen molar-refractivity contribution in [3.05, 3.63) is 54.3 Å². The molecule has 0 unspecified atom stereocenters. The van der Waals surface area contributed by atoms with Gasteiger partial charge in [-0.1, -0.05) is 12.1 Å². The number of halogens is 1. The molecular formula is C19H19FN4O7S. The van der Waals surface area contributed by atoms with Gasteiger partial charge in [-0.15, -0.1) is 0 Å². The molecule has 0 fully saturated rings. The van der Waals surface area contributed by atoms with Crippen molar-refractivity contribution in [3.8, 4) is 0 Å². The van der Waals surface area contributed by atoms with Gasteiger partial charge in [-0.05, 0) is 36.4 Å². The van der Waals surface area contributed by atoms with Crippen LogP contribution >= 0.6 is 0 Å². The number of anilines is 2. The molecule has 2 aromatic carbocycles. The average Bonchev–Trinajstić information content (AvgIpc) is 2.72. The van der Waals surface area contributed by atoms with E-state index in [9.17, 15) is 32.0 Å². The van der Waals surface area contributed by atoms with Crippen LogP contribution in [0.25, 0.3) is 0 Å². The molecule has 0 heterocycles. The van der Waals surface area contributed by atoms with Crippen LogP contribution in [0, 0.1) is 5.82 Å². The first-order chi connectivity index (χ1) is 15.1. The summed E-state index contributed by atoms with van der Waals surface area (Å²) in [5, 5.41) is 6.41. The van der Waals surface area contributed by atoms with E-state index in [0.717, 1.165) is 6.07 Å². The van der Waals surface area contributed by atoms with E-state index in [0.29, 0.717) is 5.69 Å². The first kappa shape index (κ1) is 24.4. The number of hydrogen-bond acceptors (Lipinski definition) is 7. The van der Waals surface area contributed by atoms with Crippen molar-refractivity contribution in [2.24, 2.45) is 0 Å². The van der Waals surface area contributed by atoms with Crippen LogP contribution in [-0.2, 0) is 29.1 Å². The zero-order valence-corrected chi connectivity index (χ0v) is 17.5. The molecule has 0 saturated carbocycles. The fourth-order valence-corrected chi connectivity index (χ4v) is 3.20. The Kier molecular flexibility index (Phi) is 8.38. The fourth-order valence-electron chi connectivity index (χ4n) is 2.23. The molecule has 0 aliphatic rings. The molecule has 0 aromatic heterocycles. The van der Waals surface area contributed by atoms with E-state index in [2.05, 4.69) is 15.4 Å². The molecule has 32 heavy (non-hydrogen) atoms. The lowest BCUT2D eigenvalue weighted by Gasteiger charge is -2.09. The second-order valence-corrected chi connectivity index (χ2v) is 7.94. The molecule has 170 valence electrons. The largest absolute Gasteiger partial charge is 0.455 e. The van der Waals surface area contributed by atoms with Crippen LogP contribution < -0.4 is 20.7 Å². The number of imide groups is 1. The topological polar surface area (TPSA) is 160 Å². The lowest BCUT2D eigenvalue weighted by atomic mass is 10.3. The van der Waals surface area contributed by atoms with Gasteiger partial charge in [-0.3, -0.25) is 19.7 Å². The highest BCUT2D eigenvalue weighted by molar-refractivity contribution is 7.89. The summed E-state index contributed by atoms with van der Waals surface area (Å²) in [6, 6.07) is 9.41. The Bertz CT molecular complexity index is 1120. The number of nitrogens with one attached hydrogen (secondary N) is 4. The Labute approximate surface area is 182 Å². The quantitative estimate of drug-likeness (QED) is 0.422. The van der Waals surface area contributed by atoms with Crippen LogP contribution in [0.4, 0.5) is 20.6 Å². The van der Waals surface area contributed by atoms with E-state index in [-0.39, 0.29) is 16.5 Å². The summed E-state index contributed by atoms with van der Waals surface area (Å²) in [6.45, 7) is -0.339. The highest BCUT2D eigenvalue weighted by Crippen LogP contribution is 2.14. The van der Waals surface area contributed by atoms with Crippen molar-refractivity contribution < 1.29 is 36.7 Å².